The third-order valence-electron chi connectivity index (χ3n) is 9.64. The van der Waals surface area contributed by atoms with Gasteiger partial charge in [-0.05, 0) is 87.6 Å². The van der Waals surface area contributed by atoms with Crippen molar-refractivity contribution in [2.45, 2.75) is 75.2 Å². The van der Waals surface area contributed by atoms with Gasteiger partial charge in [-0.2, -0.15) is 4.31 Å². The van der Waals surface area contributed by atoms with Gasteiger partial charge in [0, 0.05) is 45.9 Å². The predicted octanol–water partition coefficient (Wildman–Crippen LogP) is 6.20. The molecule has 1 saturated heterocycles. The molecule has 2 aliphatic heterocycles. The lowest BCUT2D eigenvalue weighted by molar-refractivity contribution is -0.0690. The van der Waals surface area contributed by atoms with Gasteiger partial charge in [-0.15, -0.1) is 0 Å². The van der Waals surface area contributed by atoms with E-state index in [1.807, 2.05) is 57.2 Å². The molecule has 50 heavy (non-hydrogen) atoms. The second-order valence-corrected chi connectivity index (χ2v) is 15.7. The number of ether oxygens (including phenoxy) is 6. The first-order valence-corrected chi connectivity index (χ1v) is 18.9. The van der Waals surface area contributed by atoms with Crippen molar-refractivity contribution in [1.82, 2.24) is 4.31 Å². The Labute approximate surface area is 298 Å². The number of rotatable bonds is 17. The minimum atomic E-state index is -3.87. The molecule has 11 heteroatoms. The molecule has 0 spiro atoms. The fraction of sp³-hybridized carbons (Fsp3) is 0.538. The molecule has 0 unspecified atom stereocenters. The van der Waals surface area contributed by atoms with Crippen LogP contribution in [0.15, 0.2) is 71.6 Å². The minimum absolute atomic E-state index is 0.0725. The average Bonchev–Trinajstić information content (AvgIpc) is 3.11. The summed E-state index contributed by atoms with van der Waals surface area (Å²) in [6, 6.07) is 21.0. The third-order valence-corrected chi connectivity index (χ3v) is 11.6. The first kappa shape index (κ1) is 38.1. The van der Waals surface area contributed by atoms with Crippen LogP contribution in [0.25, 0.3) is 0 Å². The van der Waals surface area contributed by atoms with Crippen molar-refractivity contribution in [1.29, 1.82) is 0 Å². The molecule has 0 amide bonds. The molecule has 3 aromatic carbocycles. The maximum atomic E-state index is 14.5. The fourth-order valence-corrected chi connectivity index (χ4v) is 8.63. The van der Waals surface area contributed by atoms with Crippen LogP contribution in [-0.2, 0) is 35.6 Å². The first-order chi connectivity index (χ1) is 24.0. The van der Waals surface area contributed by atoms with E-state index in [9.17, 15) is 8.42 Å². The molecule has 0 aromatic heterocycles. The summed E-state index contributed by atoms with van der Waals surface area (Å²) in [7, 11) is 1.15. The topological polar surface area (TPSA) is 96.0 Å². The SMILES string of the molecule is COCCCN1CCOc2ccc(CO[C@H]3CN(S(=O)(=O)c4ccc(C)cc4)[C@H](CC(C)(C)OCCOC)C[C@@H]3c3ccc(OC)cc3)cc21. The lowest BCUT2D eigenvalue weighted by Gasteiger charge is -2.45. The van der Waals surface area contributed by atoms with Crippen LogP contribution < -0.4 is 14.4 Å². The molecule has 3 atom stereocenters. The van der Waals surface area contributed by atoms with E-state index in [-0.39, 0.29) is 23.4 Å². The number of benzene rings is 3. The third kappa shape index (κ3) is 9.57. The summed E-state index contributed by atoms with van der Waals surface area (Å²) in [6.45, 7) is 10.4. The van der Waals surface area contributed by atoms with Gasteiger partial charge in [0.2, 0.25) is 10.0 Å². The van der Waals surface area contributed by atoms with Gasteiger partial charge in [0.1, 0.15) is 18.1 Å². The molecule has 5 rings (SSSR count). The maximum Gasteiger partial charge on any atom is 0.243 e. The van der Waals surface area contributed by atoms with Crippen molar-refractivity contribution in [3.63, 3.8) is 0 Å². The molecule has 2 heterocycles. The van der Waals surface area contributed by atoms with Crippen molar-refractivity contribution in [2.24, 2.45) is 0 Å². The first-order valence-electron chi connectivity index (χ1n) is 17.5. The van der Waals surface area contributed by atoms with E-state index < -0.39 is 21.7 Å². The molecule has 0 saturated carbocycles. The summed E-state index contributed by atoms with van der Waals surface area (Å²) in [5.74, 6) is 1.55. The number of hydrogen-bond donors (Lipinski definition) is 0. The second kappa shape index (κ2) is 17.4. The van der Waals surface area contributed by atoms with Gasteiger partial charge in [-0.1, -0.05) is 35.9 Å². The Hall–Kier alpha value is -3.19. The number of fused-ring (bicyclic) bond motifs is 1. The average molecular weight is 711 g/mol. The summed E-state index contributed by atoms with van der Waals surface area (Å²) >= 11 is 0. The Kier molecular flexibility index (Phi) is 13.2. The van der Waals surface area contributed by atoms with Gasteiger partial charge in [0.15, 0.2) is 0 Å². The van der Waals surface area contributed by atoms with Crippen molar-refractivity contribution >= 4 is 15.7 Å². The quantitative estimate of drug-likeness (QED) is 0.152. The van der Waals surface area contributed by atoms with Crippen molar-refractivity contribution < 1.29 is 36.8 Å². The Morgan fingerprint density at radius 3 is 2.36 bits per heavy atom. The van der Waals surface area contributed by atoms with Gasteiger partial charge < -0.3 is 33.3 Å². The van der Waals surface area contributed by atoms with E-state index in [1.54, 1.807) is 37.8 Å². The number of hydrogen-bond acceptors (Lipinski definition) is 9. The van der Waals surface area contributed by atoms with Crippen LogP contribution in [0.4, 0.5) is 5.69 Å². The number of sulfonamides is 1. The van der Waals surface area contributed by atoms with Crippen LogP contribution in [0.5, 0.6) is 11.5 Å². The molecule has 10 nitrogen and oxygen atoms in total. The molecule has 1 fully saturated rings. The van der Waals surface area contributed by atoms with Crippen molar-refractivity contribution in [3.8, 4) is 11.5 Å². The molecule has 3 aromatic rings. The van der Waals surface area contributed by atoms with Crippen LogP contribution in [0.3, 0.4) is 0 Å². The van der Waals surface area contributed by atoms with Gasteiger partial charge in [0.05, 0.1) is 55.8 Å². The van der Waals surface area contributed by atoms with E-state index in [0.717, 1.165) is 53.4 Å². The Bertz CT molecular complexity index is 1610. The van der Waals surface area contributed by atoms with Gasteiger partial charge in [-0.3, -0.25) is 0 Å². The van der Waals surface area contributed by atoms with Crippen LogP contribution in [0, 0.1) is 6.92 Å². The highest BCUT2D eigenvalue weighted by atomic mass is 32.2. The normalized spacial score (nSPS) is 20.0. The van der Waals surface area contributed by atoms with Crippen molar-refractivity contribution in [2.75, 3.05) is 72.3 Å². The lowest BCUT2D eigenvalue weighted by Crippen LogP contribution is -2.54. The molecule has 274 valence electrons. The maximum absolute atomic E-state index is 14.5. The number of aryl methyl sites for hydroxylation is 1. The molecule has 0 aliphatic carbocycles. The highest BCUT2D eigenvalue weighted by molar-refractivity contribution is 7.89. The summed E-state index contributed by atoms with van der Waals surface area (Å²) in [5.41, 5.74) is 3.53. The standard InChI is InChI=1S/C39H54N2O8S/c1-29-8-15-34(16-9-29)50(42,43)41-27-38(48-28-30-10-17-37-36(24-30)40(19-21-47-37)18-7-20-44-4)35(31-11-13-33(46-6)14-12-31)25-32(41)26-39(2,3)49-23-22-45-5/h8-17,24,32,35,38H,7,18-23,25-28H2,1-6H3/t32-,35+,38-/m0/s1. The van der Waals surface area contributed by atoms with Crippen molar-refractivity contribution in [3.05, 3.63) is 83.4 Å². The number of piperidine rings is 1. The number of anilines is 1. The van der Waals surface area contributed by atoms with Gasteiger partial charge in [0.25, 0.3) is 0 Å². The highest BCUT2D eigenvalue weighted by Crippen LogP contribution is 2.41. The van der Waals surface area contributed by atoms with Gasteiger partial charge >= 0.3 is 0 Å². The largest absolute Gasteiger partial charge is 0.497 e. The smallest absolute Gasteiger partial charge is 0.243 e. The zero-order valence-electron chi connectivity index (χ0n) is 30.4. The molecular weight excluding hydrogens is 657 g/mol. The second-order valence-electron chi connectivity index (χ2n) is 13.8. The zero-order valence-corrected chi connectivity index (χ0v) is 31.2. The number of nitrogens with zero attached hydrogens (tertiary/aromatic N) is 2. The predicted molar refractivity (Wildman–Crippen MR) is 195 cm³/mol. The Morgan fingerprint density at radius 1 is 0.920 bits per heavy atom. The van der Waals surface area contributed by atoms with E-state index in [2.05, 4.69) is 23.1 Å². The zero-order chi connectivity index (χ0) is 35.7. The van der Waals surface area contributed by atoms with E-state index in [0.29, 0.717) is 45.9 Å². The van der Waals surface area contributed by atoms with E-state index in [1.165, 1.54) is 0 Å². The lowest BCUT2D eigenvalue weighted by atomic mass is 9.81. The molecule has 0 radical (unpaired) electrons. The van der Waals surface area contributed by atoms with Crippen LogP contribution >= 0.6 is 0 Å². The Balaban J connectivity index is 1.46. The van der Waals surface area contributed by atoms with Gasteiger partial charge in [-0.25, -0.2) is 8.42 Å². The monoisotopic (exact) mass is 710 g/mol. The summed E-state index contributed by atoms with van der Waals surface area (Å²) < 4.78 is 65.6. The molecule has 2 aliphatic rings. The van der Waals surface area contributed by atoms with Crippen LogP contribution in [0.2, 0.25) is 0 Å². The minimum Gasteiger partial charge on any atom is -0.497 e. The van der Waals surface area contributed by atoms with E-state index in [4.69, 9.17) is 28.4 Å². The molecule has 0 bridgehead atoms. The summed E-state index contributed by atoms with van der Waals surface area (Å²) in [5, 5.41) is 0. The van der Waals surface area contributed by atoms with Crippen LogP contribution in [-0.4, -0.2) is 97.9 Å². The number of methoxy groups -OCH3 is 3. The fourth-order valence-electron chi connectivity index (χ4n) is 6.98. The summed E-state index contributed by atoms with van der Waals surface area (Å²) in [6.07, 6.45) is 1.57. The Morgan fingerprint density at radius 2 is 1.66 bits per heavy atom. The van der Waals surface area contributed by atoms with Crippen LogP contribution in [0.1, 0.15) is 55.7 Å². The molecular formula is C39H54N2O8S. The van der Waals surface area contributed by atoms with E-state index >= 15 is 0 Å². The highest BCUT2D eigenvalue weighted by Gasteiger charge is 2.45. The molecule has 0 N–H and O–H groups in total. The summed E-state index contributed by atoms with van der Waals surface area (Å²) in [4.78, 5) is 2.61.